The molecule has 0 spiro atoms. The maximum atomic E-state index is 6.50. The van der Waals surface area contributed by atoms with Crippen molar-refractivity contribution in [2.75, 3.05) is 32.1 Å². The average molecular weight is 506 g/mol. The first kappa shape index (κ1) is 24.1. The SMILES string of the molecule is CCN1CCC(Oc2cc3c(Nc4ccc(Oc5cccnc5)c(Cl)c4)ncnc3cc2OC)CC1. The number of aromatic nitrogens is 3. The molecule has 3 heterocycles. The van der Waals surface area contributed by atoms with Gasteiger partial charge in [0.2, 0.25) is 0 Å². The fourth-order valence-electron chi connectivity index (χ4n) is 4.27. The van der Waals surface area contributed by atoms with Crippen LogP contribution in [0, 0.1) is 0 Å². The Hall–Kier alpha value is -3.62. The highest BCUT2D eigenvalue weighted by Gasteiger charge is 2.22. The maximum Gasteiger partial charge on any atom is 0.162 e. The number of hydrogen-bond acceptors (Lipinski definition) is 8. The molecule has 0 bridgehead atoms. The lowest BCUT2D eigenvalue weighted by molar-refractivity contribution is 0.101. The number of anilines is 2. The van der Waals surface area contributed by atoms with E-state index in [-0.39, 0.29) is 6.10 Å². The zero-order chi connectivity index (χ0) is 24.9. The van der Waals surface area contributed by atoms with Gasteiger partial charge in [-0.3, -0.25) is 4.98 Å². The minimum Gasteiger partial charge on any atom is -0.493 e. The predicted octanol–water partition coefficient (Wildman–Crippen LogP) is 6.09. The Morgan fingerprint density at radius 3 is 2.64 bits per heavy atom. The molecular formula is C27H28ClN5O3. The number of benzene rings is 2. The fourth-order valence-corrected chi connectivity index (χ4v) is 4.49. The van der Waals surface area contributed by atoms with Gasteiger partial charge in [0.05, 0.1) is 23.8 Å². The molecule has 1 saturated heterocycles. The number of halogens is 1. The van der Waals surface area contributed by atoms with Crippen molar-refractivity contribution >= 4 is 34.0 Å². The van der Waals surface area contributed by atoms with Gasteiger partial charge in [0, 0.05) is 36.4 Å². The molecule has 0 radical (unpaired) electrons. The van der Waals surface area contributed by atoms with E-state index in [1.807, 2.05) is 24.3 Å². The number of nitrogens with one attached hydrogen (secondary N) is 1. The maximum absolute atomic E-state index is 6.50. The summed E-state index contributed by atoms with van der Waals surface area (Å²) in [6, 6.07) is 12.9. The van der Waals surface area contributed by atoms with E-state index in [0.29, 0.717) is 33.8 Å². The minimum absolute atomic E-state index is 0.145. The average Bonchev–Trinajstić information content (AvgIpc) is 2.91. The van der Waals surface area contributed by atoms with Crippen LogP contribution in [-0.2, 0) is 0 Å². The van der Waals surface area contributed by atoms with Gasteiger partial charge in [0.25, 0.3) is 0 Å². The van der Waals surface area contributed by atoms with Crippen LogP contribution >= 0.6 is 11.6 Å². The highest BCUT2D eigenvalue weighted by molar-refractivity contribution is 6.32. The Morgan fingerprint density at radius 1 is 1.06 bits per heavy atom. The third-order valence-corrected chi connectivity index (χ3v) is 6.55. The normalized spacial score (nSPS) is 14.5. The zero-order valence-electron chi connectivity index (χ0n) is 20.3. The van der Waals surface area contributed by atoms with Crippen LogP contribution in [0.3, 0.4) is 0 Å². The van der Waals surface area contributed by atoms with Gasteiger partial charge in [-0.1, -0.05) is 18.5 Å². The van der Waals surface area contributed by atoms with Crippen LogP contribution in [0.2, 0.25) is 5.02 Å². The highest BCUT2D eigenvalue weighted by atomic mass is 35.5. The first-order chi connectivity index (χ1) is 17.6. The third kappa shape index (κ3) is 5.45. The summed E-state index contributed by atoms with van der Waals surface area (Å²) in [4.78, 5) is 15.4. The molecule has 0 unspecified atom stereocenters. The van der Waals surface area contributed by atoms with Crippen LogP contribution in [0.1, 0.15) is 19.8 Å². The van der Waals surface area contributed by atoms with E-state index in [1.165, 1.54) is 6.33 Å². The standard InChI is InChI=1S/C27H28ClN5O3/c1-3-33-11-8-19(9-12-33)35-26-14-21-23(15-25(26)34-2)30-17-31-27(21)32-18-6-7-24(22(28)13-18)36-20-5-4-10-29-16-20/h4-7,10,13-17,19H,3,8-9,11-12H2,1-2H3,(H,30,31,32). The van der Waals surface area contributed by atoms with Crippen molar-refractivity contribution in [2.24, 2.45) is 0 Å². The van der Waals surface area contributed by atoms with E-state index < -0.39 is 0 Å². The largest absolute Gasteiger partial charge is 0.493 e. The molecule has 0 amide bonds. The lowest BCUT2D eigenvalue weighted by Gasteiger charge is -2.31. The molecule has 8 nitrogen and oxygen atoms in total. The van der Waals surface area contributed by atoms with E-state index in [2.05, 4.69) is 32.1 Å². The number of hydrogen-bond donors (Lipinski definition) is 1. The fraction of sp³-hybridized carbons (Fsp3) is 0.296. The Balaban J connectivity index is 1.38. The van der Waals surface area contributed by atoms with Gasteiger partial charge >= 0.3 is 0 Å². The zero-order valence-corrected chi connectivity index (χ0v) is 21.0. The molecule has 186 valence electrons. The summed E-state index contributed by atoms with van der Waals surface area (Å²) in [5.74, 6) is 3.15. The van der Waals surface area contributed by atoms with Crippen molar-refractivity contribution in [3.8, 4) is 23.0 Å². The lowest BCUT2D eigenvalue weighted by Crippen LogP contribution is -2.38. The second kappa shape index (κ2) is 11.0. The second-order valence-electron chi connectivity index (χ2n) is 8.55. The van der Waals surface area contributed by atoms with Crippen molar-refractivity contribution in [1.82, 2.24) is 19.9 Å². The molecule has 1 aliphatic rings. The molecular weight excluding hydrogens is 478 g/mol. The van der Waals surface area contributed by atoms with Crippen LogP contribution < -0.4 is 19.5 Å². The van der Waals surface area contributed by atoms with Crippen LogP contribution in [0.15, 0.2) is 61.2 Å². The molecule has 2 aromatic heterocycles. The minimum atomic E-state index is 0.145. The molecule has 1 fully saturated rings. The number of pyridine rings is 1. The molecule has 0 atom stereocenters. The van der Waals surface area contributed by atoms with E-state index in [1.54, 1.807) is 37.7 Å². The number of likely N-dealkylation sites (tertiary alicyclic amines) is 1. The summed E-state index contributed by atoms with van der Waals surface area (Å²) < 4.78 is 17.8. The summed E-state index contributed by atoms with van der Waals surface area (Å²) >= 11 is 6.50. The number of rotatable bonds is 8. The molecule has 1 aliphatic heterocycles. The highest BCUT2D eigenvalue weighted by Crippen LogP contribution is 2.37. The van der Waals surface area contributed by atoms with Gasteiger partial charge in [-0.15, -0.1) is 0 Å². The molecule has 2 aromatic carbocycles. The monoisotopic (exact) mass is 505 g/mol. The van der Waals surface area contributed by atoms with Crippen molar-refractivity contribution in [3.63, 3.8) is 0 Å². The van der Waals surface area contributed by atoms with Crippen molar-refractivity contribution in [2.45, 2.75) is 25.9 Å². The number of ether oxygens (including phenoxy) is 3. The van der Waals surface area contributed by atoms with Gasteiger partial charge in [-0.2, -0.15) is 0 Å². The van der Waals surface area contributed by atoms with Crippen LogP contribution in [0.25, 0.3) is 10.9 Å². The second-order valence-corrected chi connectivity index (χ2v) is 8.96. The predicted molar refractivity (Wildman–Crippen MR) is 141 cm³/mol. The van der Waals surface area contributed by atoms with Gasteiger partial charge in [0.1, 0.15) is 29.7 Å². The van der Waals surface area contributed by atoms with Crippen LogP contribution in [-0.4, -0.2) is 52.7 Å². The Labute approximate surface area is 215 Å². The van der Waals surface area contributed by atoms with E-state index in [0.717, 1.165) is 49.1 Å². The number of fused-ring (bicyclic) bond motifs is 1. The smallest absolute Gasteiger partial charge is 0.162 e. The molecule has 0 aliphatic carbocycles. The Kier molecular flexibility index (Phi) is 7.34. The lowest BCUT2D eigenvalue weighted by atomic mass is 10.1. The van der Waals surface area contributed by atoms with Gasteiger partial charge in [0.15, 0.2) is 11.5 Å². The Bertz CT molecular complexity index is 1330. The van der Waals surface area contributed by atoms with Crippen molar-refractivity contribution in [1.29, 1.82) is 0 Å². The summed E-state index contributed by atoms with van der Waals surface area (Å²) in [5.41, 5.74) is 1.52. The molecule has 4 aromatic rings. The van der Waals surface area contributed by atoms with Crippen LogP contribution in [0.5, 0.6) is 23.0 Å². The van der Waals surface area contributed by atoms with E-state index >= 15 is 0 Å². The molecule has 1 N–H and O–H groups in total. The third-order valence-electron chi connectivity index (χ3n) is 6.25. The van der Waals surface area contributed by atoms with Crippen molar-refractivity contribution < 1.29 is 14.2 Å². The molecule has 5 rings (SSSR count). The summed E-state index contributed by atoms with van der Waals surface area (Å²) in [7, 11) is 1.64. The molecule has 0 saturated carbocycles. The van der Waals surface area contributed by atoms with E-state index in [9.17, 15) is 0 Å². The van der Waals surface area contributed by atoms with E-state index in [4.69, 9.17) is 25.8 Å². The number of methoxy groups -OCH3 is 1. The van der Waals surface area contributed by atoms with Crippen LogP contribution in [0.4, 0.5) is 11.5 Å². The number of nitrogens with zero attached hydrogens (tertiary/aromatic N) is 4. The first-order valence-electron chi connectivity index (χ1n) is 12.0. The Morgan fingerprint density at radius 2 is 1.92 bits per heavy atom. The number of piperidine rings is 1. The van der Waals surface area contributed by atoms with Gasteiger partial charge in [-0.25, -0.2) is 9.97 Å². The molecule has 9 heteroatoms. The van der Waals surface area contributed by atoms with Gasteiger partial charge in [-0.05, 0) is 55.8 Å². The summed E-state index contributed by atoms with van der Waals surface area (Å²) in [6.07, 6.45) is 6.96. The van der Waals surface area contributed by atoms with Gasteiger partial charge < -0.3 is 24.4 Å². The molecule has 36 heavy (non-hydrogen) atoms. The topological polar surface area (TPSA) is 81.6 Å². The quantitative estimate of drug-likeness (QED) is 0.308. The van der Waals surface area contributed by atoms with Crippen molar-refractivity contribution in [3.05, 3.63) is 66.2 Å². The summed E-state index contributed by atoms with van der Waals surface area (Å²) in [5, 5.41) is 4.64. The first-order valence-corrected chi connectivity index (χ1v) is 12.4. The summed E-state index contributed by atoms with van der Waals surface area (Å²) in [6.45, 7) is 5.33.